The molecule has 6 rings (SSSR count). The average molecular weight is 827 g/mol. The van der Waals surface area contributed by atoms with Crippen LogP contribution in [0, 0.1) is 0 Å². The molecule has 6 N–H and O–H groups in total. The summed E-state index contributed by atoms with van der Waals surface area (Å²) in [6.07, 6.45) is 9.00. The number of nitrogens with zero attached hydrogens (tertiary/aromatic N) is 2. The van der Waals surface area contributed by atoms with Crippen LogP contribution in [0.15, 0.2) is 48.5 Å². The van der Waals surface area contributed by atoms with Gasteiger partial charge >= 0.3 is 0 Å². The molecule has 0 saturated carbocycles. The summed E-state index contributed by atoms with van der Waals surface area (Å²) in [7, 11) is 3.35. The van der Waals surface area contributed by atoms with Crippen LogP contribution in [-0.4, -0.2) is 109 Å². The van der Waals surface area contributed by atoms with Crippen molar-refractivity contribution in [3.63, 3.8) is 0 Å². The molecule has 2 aliphatic carbocycles. The van der Waals surface area contributed by atoms with Gasteiger partial charge in [-0.25, -0.2) is 0 Å². The van der Waals surface area contributed by atoms with E-state index in [-0.39, 0.29) is 42.6 Å². The Morgan fingerprint density at radius 2 is 1.07 bits per heavy atom. The molecule has 0 bridgehead atoms. The van der Waals surface area contributed by atoms with Gasteiger partial charge in [0.05, 0.1) is 24.2 Å². The zero-order valence-corrected chi connectivity index (χ0v) is 35.9. The summed E-state index contributed by atoms with van der Waals surface area (Å²) in [6.45, 7) is 4.36. The highest BCUT2D eigenvalue weighted by molar-refractivity contribution is 5.95. The van der Waals surface area contributed by atoms with Crippen LogP contribution < -0.4 is 31.9 Å². The molecule has 4 aliphatic rings. The second-order valence-corrected chi connectivity index (χ2v) is 17.0. The summed E-state index contributed by atoms with van der Waals surface area (Å²) in [5.74, 6) is -2.00. The van der Waals surface area contributed by atoms with Crippen molar-refractivity contribution in [3.8, 4) is 0 Å². The number of likely N-dealkylation sites (N-methyl/N-ethyl adjacent to an activating group) is 2. The van der Waals surface area contributed by atoms with E-state index in [4.69, 9.17) is 0 Å². The minimum Gasteiger partial charge on any atom is -0.347 e. The van der Waals surface area contributed by atoms with Crippen molar-refractivity contribution in [1.29, 1.82) is 0 Å². The summed E-state index contributed by atoms with van der Waals surface area (Å²) in [5.41, 5.74) is 4.65. The van der Waals surface area contributed by atoms with E-state index in [1.165, 1.54) is 11.1 Å². The Morgan fingerprint density at radius 1 is 0.600 bits per heavy atom. The van der Waals surface area contributed by atoms with Gasteiger partial charge in [0.2, 0.25) is 35.4 Å². The number of fused-ring (bicyclic) bond motifs is 2. The molecule has 14 nitrogen and oxygen atoms in total. The number of carbonyl (C=O) groups is 6. The Kier molecular flexibility index (Phi) is 15.7. The molecule has 60 heavy (non-hydrogen) atoms. The van der Waals surface area contributed by atoms with Crippen molar-refractivity contribution in [2.24, 2.45) is 0 Å². The van der Waals surface area contributed by atoms with E-state index in [9.17, 15) is 28.8 Å². The lowest BCUT2D eigenvalue weighted by molar-refractivity contribution is -0.143. The molecule has 2 saturated heterocycles. The van der Waals surface area contributed by atoms with E-state index >= 15 is 0 Å². The quantitative estimate of drug-likeness (QED) is 0.141. The van der Waals surface area contributed by atoms with E-state index in [0.717, 1.165) is 56.1 Å². The van der Waals surface area contributed by atoms with Crippen molar-refractivity contribution < 1.29 is 28.8 Å². The minimum absolute atomic E-state index is 0.0140. The summed E-state index contributed by atoms with van der Waals surface area (Å²) in [4.78, 5) is 87.4. The molecule has 0 radical (unpaired) electrons. The van der Waals surface area contributed by atoms with Gasteiger partial charge in [-0.15, -0.1) is 0 Å². The predicted octanol–water partition coefficient (Wildman–Crippen LogP) is 3.10. The summed E-state index contributed by atoms with van der Waals surface area (Å²) in [5, 5.41) is 18.3. The minimum atomic E-state index is -1.08. The van der Waals surface area contributed by atoms with Crippen molar-refractivity contribution >= 4 is 35.4 Å². The SMILES string of the molecule is CCC[C@H](NC)C(=O)N[C@@H](CC[C@H](NC(=O)[C@H](C)NC)C(=O)N1CCC[C@H]1C(=O)N[C@@H]1CCCc2ccccc21)C(=O)N1CCC[C@H]1C(=O)N[C@@H]1CCCc2ccccc21. The molecule has 2 aromatic rings. The van der Waals surface area contributed by atoms with Crippen molar-refractivity contribution in [3.05, 3.63) is 70.8 Å². The standard InChI is InChI=1S/C46H66N8O6/c1-5-14-36(48-4)42(56)52-38(46(60)54-28-13-24-40(54)44(58)50-35-22-11-18-31-16-7-9-20-33(31)35)26-25-37(51-41(55)29(2)47-3)45(59)53-27-12-23-39(53)43(57)49-34-21-10-17-30-15-6-8-19-32(30)34/h6-9,15-16,19-20,29,34-40,47-48H,5,10-14,17-18,21-28H2,1-4H3,(H,49,57)(H,50,58)(H,51,55)(H,52,56)/t29-,34+,35+,36-,37-,38-,39-,40-/m0/s1. The van der Waals surface area contributed by atoms with Gasteiger partial charge in [0.1, 0.15) is 24.2 Å². The van der Waals surface area contributed by atoms with Gasteiger partial charge in [0, 0.05) is 13.1 Å². The van der Waals surface area contributed by atoms with Crippen LogP contribution in [0.25, 0.3) is 0 Å². The molecule has 8 atom stereocenters. The van der Waals surface area contributed by atoms with E-state index in [1.807, 2.05) is 31.2 Å². The molecule has 0 aromatic heterocycles. The number of amides is 6. The van der Waals surface area contributed by atoms with Crippen molar-refractivity contribution in [2.45, 2.75) is 152 Å². The third-order valence-electron chi connectivity index (χ3n) is 13.1. The number of rotatable bonds is 17. The fourth-order valence-electron chi connectivity index (χ4n) is 9.59. The average Bonchev–Trinajstić information content (AvgIpc) is 3.97. The Bertz CT molecular complexity index is 1860. The molecular formula is C46H66N8O6. The Balaban J connectivity index is 1.20. The largest absolute Gasteiger partial charge is 0.347 e. The molecule has 0 unspecified atom stereocenters. The second kappa shape index (κ2) is 21.1. The maximum atomic E-state index is 14.7. The molecule has 0 spiro atoms. The number of carbonyl (C=O) groups excluding carboxylic acids is 6. The van der Waals surface area contributed by atoms with Gasteiger partial charge in [-0.2, -0.15) is 0 Å². The highest BCUT2D eigenvalue weighted by Gasteiger charge is 2.42. The maximum absolute atomic E-state index is 14.7. The Hall–Kier alpha value is -4.82. The van der Waals surface area contributed by atoms with Gasteiger partial charge in [-0.1, -0.05) is 61.9 Å². The zero-order valence-electron chi connectivity index (χ0n) is 35.9. The number of likely N-dealkylation sites (tertiary alicyclic amines) is 2. The molecule has 2 fully saturated rings. The Morgan fingerprint density at radius 3 is 1.52 bits per heavy atom. The first kappa shape index (κ1) is 44.7. The normalized spacial score (nSPS) is 23.0. The van der Waals surface area contributed by atoms with Crippen molar-refractivity contribution in [2.75, 3.05) is 27.2 Å². The van der Waals surface area contributed by atoms with Gasteiger partial charge in [0.15, 0.2) is 0 Å². The molecule has 2 aromatic carbocycles. The summed E-state index contributed by atoms with van der Waals surface area (Å²) >= 11 is 0. The van der Waals surface area contributed by atoms with Crippen LogP contribution in [0.5, 0.6) is 0 Å². The third kappa shape index (κ3) is 10.5. The van der Waals surface area contributed by atoms with Gasteiger partial charge in [-0.3, -0.25) is 28.8 Å². The van der Waals surface area contributed by atoms with Gasteiger partial charge < -0.3 is 41.7 Å². The molecule has 326 valence electrons. The van der Waals surface area contributed by atoms with E-state index in [2.05, 4.69) is 56.2 Å². The number of aryl methyl sites for hydroxylation is 2. The lowest BCUT2D eigenvalue weighted by Crippen LogP contribution is -2.58. The Labute approximate surface area is 355 Å². The molecule has 2 heterocycles. The maximum Gasteiger partial charge on any atom is 0.245 e. The predicted molar refractivity (Wildman–Crippen MR) is 229 cm³/mol. The highest BCUT2D eigenvalue weighted by Crippen LogP contribution is 2.32. The lowest BCUT2D eigenvalue weighted by atomic mass is 9.87. The summed E-state index contributed by atoms with van der Waals surface area (Å²) < 4.78 is 0. The smallest absolute Gasteiger partial charge is 0.245 e. The zero-order chi connectivity index (χ0) is 42.8. The third-order valence-corrected chi connectivity index (χ3v) is 13.1. The van der Waals surface area contributed by atoms with Crippen LogP contribution in [0.3, 0.4) is 0 Å². The van der Waals surface area contributed by atoms with Crippen LogP contribution in [0.2, 0.25) is 0 Å². The van der Waals surface area contributed by atoms with E-state index in [1.54, 1.807) is 30.8 Å². The first-order valence-electron chi connectivity index (χ1n) is 22.4. The fourth-order valence-corrected chi connectivity index (χ4v) is 9.59. The van der Waals surface area contributed by atoms with Gasteiger partial charge in [-0.05, 0) is 127 Å². The van der Waals surface area contributed by atoms with Crippen LogP contribution in [0.4, 0.5) is 0 Å². The summed E-state index contributed by atoms with van der Waals surface area (Å²) in [6, 6.07) is 11.2. The second-order valence-electron chi connectivity index (χ2n) is 17.0. The monoisotopic (exact) mass is 827 g/mol. The number of nitrogens with one attached hydrogen (secondary N) is 6. The van der Waals surface area contributed by atoms with Crippen LogP contribution >= 0.6 is 0 Å². The number of hydrogen-bond acceptors (Lipinski definition) is 8. The highest BCUT2D eigenvalue weighted by atomic mass is 16.2. The molecule has 2 aliphatic heterocycles. The van der Waals surface area contributed by atoms with Crippen molar-refractivity contribution in [1.82, 2.24) is 41.7 Å². The molecule has 14 heteroatoms. The van der Waals surface area contributed by atoms with E-state index < -0.39 is 54.0 Å². The lowest BCUT2D eigenvalue weighted by Gasteiger charge is -2.33. The van der Waals surface area contributed by atoms with E-state index in [0.29, 0.717) is 45.2 Å². The molecule has 6 amide bonds. The first-order valence-corrected chi connectivity index (χ1v) is 22.4. The van der Waals surface area contributed by atoms with Crippen LogP contribution in [-0.2, 0) is 41.6 Å². The number of benzene rings is 2. The van der Waals surface area contributed by atoms with Gasteiger partial charge in [0.25, 0.3) is 0 Å². The number of hydrogen-bond donors (Lipinski definition) is 6. The fraction of sp³-hybridized carbons (Fsp3) is 0.609. The molecular weight excluding hydrogens is 761 g/mol. The van der Waals surface area contributed by atoms with Crippen LogP contribution in [0.1, 0.15) is 125 Å². The topological polar surface area (TPSA) is 181 Å². The first-order chi connectivity index (χ1) is 29.0.